The molecule has 19 heavy (non-hydrogen) atoms. The molecule has 0 bridgehead atoms. The molecule has 0 aliphatic heterocycles. The highest BCUT2D eigenvalue weighted by Crippen LogP contribution is 2.25. The molecule has 0 aromatic heterocycles. The van der Waals surface area contributed by atoms with Gasteiger partial charge in [0.2, 0.25) is 0 Å². The molecule has 0 saturated carbocycles. The van der Waals surface area contributed by atoms with E-state index in [4.69, 9.17) is 4.74 Å². The van der Waals surface area contributed by atoms with E-state index < -0.39 is 6.09 Å². The van der Waals surface area contributed by atoms with E-state index in [0.29, 0.717) is 0 Å². The Morgan fingerprint density at radius 2 is 1.89 bits per heavy atom. The van der Waals surface area contributed by atoms with Gasteiger partial charge in [0.1, 0.15) is 6.61 Å². The Hall–Kier alpha value is -1.81. The lowest BCUT2D eigenvalue weighted by molar-refractivity contribution is 0.155. The van der Waals surface area contributed by atoms with Crippen molar-refractivity contribution in [1.82, 2.24) is 0 Å². The molecule has 0 saturated heterocycles. The van der Waals surface area contributed by atoms with Gasteiger partial charge in [-0.15, -0.1) is 0 Å². The predicted molar refractivity (Wildman–Crippen MR) is 79.1 cm³/mol. The number of anilines is 1. The van der Waals surface area contributed by atoms with Crippen molar-refractivity contribution >= 4 is 27.7 Å². The molecule has 2 rings (SSSR count). The number of benzene rings is 2. The fourth-order valence-electron chi connectivity index (χ4n) is 1.65. The minimum absolute atomic E-state index is 0.260. The molecule has 0 atom stereocenters. The lowest BCUT2D eigenvalue weighted by Gasteiger charge is -2.10. The topological polar surface area (TPSA) is 38.3 Å². The standard InChI is InChI=1S/C15H14BrNO2/c1-11-6-5-9-13(16)14(11)17-15(18)19-10-12-7-3-2-4-8-12/h2-9H,10H2,1H3,(H,17,18). The summed E-state index contributed by atoms with van der Waals surface area (Å²) in [5.41, 5.74) is 2.67. The molecule has 2 aromatic rings. The van der Waals surface area contributed by atoms with Crippen LogP contribution < -0.4 is 5.32 Å². The maximum atomic E-state index is 11.7. The van der Waals surface area contributed by atoms with Crippen LogP contribution in [-0.2, 0) is 11.3 Å². The van der Waals surface area contributed by atoms with Crippen molar-refractivity contribution in [3.63, 3.8) is 0 Å². The average molecular weight is 320 g/mol. The van der Waals surface area contributed by atoms with Crippen LogP contribution in [0.3, 0.4) is 0 Å². The van der Waals surface area contributed by atoms with Gasteiger partial charge in [-0.3, -0.25) is 5.32 Å². The first-order chi connectivity index (χ1) is 9.16. The minimum atomic E-state index is -0.459. The van der Waals surface area contributed by atoms with Gasteiger partial charge in [-0.1, -0.05) is 42.5 Å². The summed E-state index contributed by atoms with van der Waals surface area (Å²) in [6.45, 7) is 2.19. The smallest absolute Gasteiger partial charge is 0.411 e. The van der Waals surface area contributed by atoms with Gasteiger partial charge in [0.25, 0.3) is 0 Å². The number of ether oxygens (including phenoxy) is 1. The van der Waals surface area contributed by atoms with Gasteiger partial charge in [-0.2, -0.15) is 0 Å². The molecule has 1 N–H and O–H groups in total. The molecule has 2 aromatic carbocycles. The maximum Gasteiger partial charge on any atom is 0.411 e. The van der Waals surface area contributed by atoms with E-state index in [9.17, 15) is 4.79 Å². The third-order valence-corrected chi connectivity index (χ3v) is 3.32. The number of amides is 1. The van der Waals surface area contributed by atoms with E-state index >= 15 is 0 Å². The van der Waals surface area contributed by atoms with Crippen molar-refractivity contribution in [3.05, 3.63) is 64.1 Å². The Morgan fingerprint density at radius 3 is 2.58 bits per heavy atom. The Balaban J connectivity index is 1.95. The number of para-hydroxylation sites is 1. The average Bonchev–Trinajstić information content (AvgIpc) is 2.42. The highest BCUT2D eigenvalue weighted by Gasteiger charge is 2.08. The van der Waals surface area contributed by atoms with E-state index in [1.54, 1.807) is 0 Å². The van der Waals surface area contributed by atoms with Crippen LogP contribution in [0.15, 0.2) is 53.0 Å². The molecular weight excluding hydrogens is 306 g/mol. The highest BCUT2D eigenvalue weighted by atomic mass is 79.9. The van der Waals surface area contributed by atoms with E-state index in [1.165, 1.54) is 0 Å². The van der Waals surface area contributed by atoms with Crippen molar-refractivity contribution in [3.8, 4) is 0 Å². The van der Waals surface area contributed by atoms with Gasteiger partial charge < -0.3 is 4.74 Å². The van der Waals surface area contributed by atoms with E-state index in [-0.39, 0.29) is 6.61 Å². The molecule has 0 fully saturated rings. The first-order valence-corrected chi connectivity index (χ1v) is 6.69. The van der Waals surface area contributed by atoms with Gasteiger partial charge in [0, 0.05) is 4.47 Å². The second-order valence-corrected chi connectivity index (χ2v) is 4.97. The number of halogens is 1. The third-order valence-electron chi connectivity index (χ3n) is 2.66. The van der Waals surface area contributed by atoms with Crippen molar-refractivity contribution < 1.29 is 9.53 Å². The van der Waals surface area contributed by atoms with Gasteiger partial charge in [0.15, 0.2) is 0 Å². The second-order valence-electron chi connectivity index (χ2n) is 4.12. The highest BCUT2D eigenvalue weighted by molar-refractivity contribution is 9.10. The zero-order valence-electron chi connectivity index (χ0n) is 10.5. The lowest BCUT2D eigenvalue weighted by atomic mass is 10.2. The predicted octanol–water partition coefficient (Wildman–Crippen LogP) is 4.51. The van der Waals surface area contributed by atoms with E-state index in [1.807, 2.05) is 55.5 Å². The molecule has 1 amide bonds. The van der Waals surface area contributed by atoms with Gasteiger partial charge in [-0.05, 0) is 40.0 Å². The van der Waals surface area contributed by atoms with Crippen LogP contribution in [0.1, 0.15) is 11.1 Å². The first-order valence-electron chi connectivity index (χ1n) is 5.89. The number of aryl methyl sites for hydroxylation is 1. The second kappa shape index (κ2) is 6.38. The largest absolute Gasteiger partial charge is 0.444 e. The van der Waals surface area contributed by atoms with Crippen molar-refractivity contribution in [2.45, 2.75) is 13.5 Å². The summed E-state index contributed by atoms with van der Waals surface area (Å²) in [6.07, 6.45) is -0.459. The van der Waals surface area contributed by atoms with Crippen LogP contribution >= 0.6 is 15.9 Å². The summed E-state index contributed by atoms with van der Waals surface area (Å²) >= 11 is 3.40. The Bertz CT molecular complexity index is 549. The van der Waals surface area contributed by atoms with Gasteiger partial charge >= 0.3 is 6.09 Å². The zero-order chi connectivity index (χ0) is 13.7. The monoisotopic (exact) mass is 319 g/mol. The summed E-state index contributed by atoms with van der Waals surface area (Å²) in [7, 11) is 0. The molecule has 98 valence electrons. The molecule has 0 heterocycles. The van der Waals surface area contributed by atoms with Crippen molar-refractivity contribution in [2.24, 2.45) is 0 Å². The fourth-order valence-corrected chi connectivity index (χ4v) is 2.22. The Labute approximate surface area is 120 Å². The summed E-state index contributed by atoms with van der Waals surface area (Å²) in [6, 6.07) is 15.3. The first kappa shape index (κ1) is 13.6. The SMILES string of the molecule is Cc1cccc(Br)c1NC(=O)OCc1ccccc1. The van der Waals surface area contributed by atoms with Crippen molar-refractivity contribution in [2.75, 3.05) is 5.32 Å². The van der Waals surface area contributed by atoms with E-state index in [2.05, 4.69) is 21.2 Å². The number of carbonyl (C=O) groups is 1. The summed E-state index contributed by atoms with van der Waals surface area (Å²) < 4.78 is 6.01. The van der Waals surface area contributed by atoms with Crippen LogP contribution in [0, 0.1) is 6.92 Å². The van der Waals surface area contributed by atoms with Gasteiger partial charge in [-0.25, -0.2) is 4.79 Å². The molecule has 4 heteroatoms. The quantitative estimate of drug-likeness (QED) is 0.904. The number of hydrogen-bond acceptors (Lipinski definition) is 2. The number of hydrogen-bond donors (Lipinski definition) is 1. The van der Waals surface area contributed by atoms with Crippen molar-refractivity contribution in [1.29, 1.82) is 0 Å². The van der Waals surface area contributed by atoms with Crippen LogP contribution in [0.25, 0.3) is 0 Å². The lowest BCUT2D eigenvalue weighted by Crippen LogP contribution is -2.14. The third kappa shape index (κ3) is 3.83. The molecule has 0 aliphatic rings. The van der Waals surface area contributed by atoms with E-state index in [0.717, 1.165) is 21.3 Å². The van der Waals surface area contributed by atoms with Gasteiger partial charge in [0.05, 0.1) is 5.69 Å². The summed E-state index contributed by atoms with van der Waals surface area (Å²) in [4.78, 5) is 11.7. The van der Waals surface area contributed by atoms with Crippen LogP contribution in [0.4, 0.5) is 10.5 Å². The number of nitrogens with one attached hydrogen (secondary N) is 1. The summed E-state index contributed by atoms with van der Waals surface area (Å²) in [5, 5.41) is 2.74. The molecule has 0 radical (unpaired) electrons. The molecular formula is C15H14BrNO2. The van der Waals surface area contributed by atoms with Crippen LogP contribution in [0.2, 0.25) is 0 Å². The maximum absolute atomic E-state index is 11.7. The normalized spacial score (nSPS) is 10.0. The number of rotatable bonds is 3. The zero-order valence-corrected chi connectivity index (χ0v) is 12.1. The molecule has 0 unspecified atom stereocenters. The fraction of sp³-hybridized carbons (Fsp3) is 0.133. The molecule has 0 aliphatic carbocycles. The minimum Gasteiger partial charge on any atom is -0.444 e. The summed E-state index contributed by atoms with van der Waals surface area (Å²) in [5.74, 6) is 0. The van der Waals surface area contributed by atoms with Crippen LogP contribution in [-0.4, -0.2) is 6.09 Å². The molecule has 3 nitrogen and oxygen atoms in total. The Kier molecular flexibility index (Phi) is 4.58. The van der Waals surface area contributed by atoms with Crippen LogP contribution in [0.5, 0.6) is 0 Å². The number of carbonyl (C=O) groups excluding carboxylic acids is 1. The Morgan fingerprint density at radius 1 is 1.16 bits per heavy atom. The molecule has 0 spiro atoms.